The highest BCUT2D eigenvalue weighted by atomic mass is 19.4. The van der Waals surface area contributed by atoms with Crippen molar-refractivity contribution in [3.63, 3.8) is 0 Å². The number of halogens is 4. The Bertz CT molecular complexity index is 1170. The van der Waals surface area contributed by atoms with Gasteiger partial charge in [-0.05, 0) is 55.5 Å². The third kappa shape index (κ3) is 4.41. The molecule has 32 heavy (non-hydrogen) atoms. The van der Waals surface area contributed by atoms with Crippen molar-refractivity contribution in [3.8, 4) is 17.0 Å². The number of fused-ring (bicyclic) bond motifs is 1. The zero-order valence-corrected chi connectivity index (χ0v) is 16.5. The van der Waals surface area contributed by atoms with Gasteiger partial charge in [0.05, 0.1) is 12.1 Å². The zero-order chi connectivity index (χ0) is 23.0. The summed E-state index contributed by atoms with van der Waals surface area (Å²) in [5, 5.41) is 9.72. The van der Waals surface area contributed by atoms with Crippen molar-refractivity contribution in [2.45, 2.75) is 25.7 Å². The summed E-state index contributed by atoms with van der Waals surface area (Å²) in [5.74, 6) is -1.46. The summed E-state index contributed by atoms with van der Waals surface area (Å²) < 4.78 is 55.3. The molecule has 0 saturated carbocycles. The van der Waals surface area contributed by atoms with E-state index in [0.29, 0.717) is 22.6 Å². The fourth-order valence-electron chi connectivity index (χ4n) is 3.39. The summed E-state index contributed by atoms with van der Waals surface area (Å²) in [5.41, 5.74) is 1.92. The van der Waals surface area contributed by atoms with E-state index >= 15 is 0 Å². The van der Waals surface area contributed by atoms with Crippen molar-refractivity contribution < 1.29 is 31.9 Å². The van der Waals surface area contributed by atoms with Gasteiger partial charge in [-0.2, -0.15) is 5.10 Å². The fourth-order valence-corrected chi connectivity index (χ4v) is 3.39. The van der Waals surface area contributed by atoms with Crippen LogP contribution in [0, 0.1) is 12.7 Å². The minimum absolute atomic E-state index is 0.182. The summed E-state index contributed by atoms with van der Waals surface area (Å²) in [4.78, 5) is 25.1. The number of aromatic nitrogens is 2. The molecule has 0 radical (unpaired) electrons. The first-order chi connectivity index (χ1) is 15.1. The first kappa shape index (κ1) is 21.3. The highest BCUT2D eigenvalue weighted by molar-refractivity contribution is 6.02. The lowest BCUT2D eigenvalue weighted by Crippen LogP contribution is -2.35. The molecule has 2 amide bonds. The number of nitrogens with zero attached hydrogens (tertiary/aromatic N) is 2. The molecule has 0 saturated heterocycles. The van der Waals surface area contributed by atoms with Crippen molar-refractivity contribution in [1.29, 1.82) is 0 Å². The molecule has 0 spiro atoms. The number of hydrogen-bond acceptors (Lipinski definition) is 4. The van der Waals surface area contributed by atoms with E-state index < -0.39 is 29.9 Å². The summed E-state index contributed by atoms with van der Waals surface area (Å²) in [6.07, 6.45) is -5.01. The molecule has 0 aliphatic carbocycles. The van der Waals surface area contributed by atoms with Crippen molar-refractivity contribution >= 4 is 23.3 Å². The second-order valence-corrected chi connectivity index (χ2v) is 7.10. The molecule has 2 N–H and O–H groups in total. The van der Waals surface area contributed by atoms with Crippen LogP contribution in [0.3, 0.4) is 0 Å². The third-order valence-corrected chi connectivity index (χ3v) is 4.85. The lowest BCUT2D eigenvalue weighted by molar-refractivity contribution is -0.274. The Balaban J connectivity index is 1.58. The van der Waals surface area contributed by atoms with Gasteiger partial charge >= 0.3 is 6.36 Å². The molecular formula is C21H16F4N4O3. The lowest BCUT2D eigenvalue weighted by Gasteiger charge is -2.24. The van der Waals surface area contributed by atoms with Crippen LogP contribution in [0.2, 0.25) is 0 Å². The predicted octanol–water partition coefficient (Wildman–Crippen LogP) is 4.42. The van der Waals surface area contributed by atoms with Gasteiger partial charge in [0.1, 0.15) is 23.4 Å². The molecular weight excluding hydrogens is 432 g/mol. The Kier molecular flexibility index (Phi) is 5.33. The monoisotopic (exact) mass is 448 g/mol. The average molecular weight is 448 g/mol. The molecule has 3 aromatic rings. The van der Waals surface area contributed by atoms with E-state index in [1.165, 1.54) is 41.1 Å². The Hall–Kier alpha value is -3.89. The smallest absolute Gasteiger partial charge is 0.406 e. The van der Waals surface area contributed by atoms with E-state index in [2.05, 4.69) is 20.5 Å². The first-order valence-electron chi connectivity index (χ1n) is 9.42. The molecule has 4 rings (SSSR count). The number of carbonyl (C=O) groups is 2. The number of rotatable bonds is 4. The molecule has 1 unspecified atom stereocenters. The van der Waals surface area contributed by atoms with Crippen LogP contribution in [0.1, 0.15) is 18.0 Å². The van der Waals surface area contributed by atoms with E-state index in [9.17, 15) is 27.2 Å². The SMILES string of the molecule is Cc1c(-c2ccc(F)cc2)nn2c1NC(=O)CC2C(=O)Nc1ccc(OC(F)(F)F)cc1. The van der Waals surface area contributed by atoms with Gasteiger partial charge in [-0.1, -0.05) is 0 Å². The predicted molar refractivity (Wildman–Crippen MR) is 106 cm³/mol. The quantitative estimate of drug-likeness (QED) is 0.579. The minimum atomic E-state index is -4.82. The van der Waals surface area contributed by atoms with Gasteiger partial charge in [-0.15, -0.1) is 13.2 Å². The molecule has 0 fully saturated rings. The number of nitrogens with one attached hydrogen (secondary N) is 2. The second kappa shape index (κ2) is 7.98. The number of amides is 2. The molecule has 0 bridgehead atoms. The molecule has 166 valence electrons. The molecule has 7 nitrogen and oxygen atoms in total. The van der Waals surface area contributed by atoms with Gasteiger partial charge in [0.25, 0.3) is 0 Å². The van der Waals surface area contributed by atoms with Crippen LogP contribution in [-0.4, -0.2) is 28.0 Å². The highest BCUT2D eigenvalue weighted by Crippen LogP contribution is 2.34. The Labute approximate surface area is 179 Å². The van der Waals surface area contributed by atoms with Gasteiger partial charge in [0.2, 0.25) is 11.8 Å². The van der Waals surface area contributed by atoms with Crippen molar-refractivity contribution in [1.82, 2.24) is 9.78 Å². The van der Waals surface area contributed by atoms with E-state index in [1.807, 2.05) is 0 Å². The number of anilines is 2. The van der Waals surface area contributed by atoms with Crippen LogP contribution in [-0.2, 0) is 9.59 Å². The lowest BCUT2D eigenvalue weighted by atomic mass is 10.1. The maximum absolute atomic E-state index is 13.3. The van der Waals surface area contributed by atoms with Gasteiger partial charge in [0, 0.05) is 16.8 Å². The molecule has 1 aliphatic heterocycles. The fraction of sp³-hybridized carbons (Fsp3) is 0.190. The maximum Gasteiger partial charge on any atom is 0.573 e. The number of benzene rings is 2. The van der Waals surface area contributed by atoms with Gasteiger partial charge in [-0.25, -0.2) is 9.07 Å². The molecule has 1 aromatic heterocycles. The van der Waals surface area contributed by atoms with Crippen LogP contribution in [0.5, 0.6) is 5.75 Å². The van der Waals surface area contributed by atoms with Crippen LogP contribution in [0.4, 0.5) is 29.1 Å². The topological polar surface area (TPSA) is 85.2 Å². The van der Waals surface area contributed by atoms with Gasteiger partial charge in [0.15, 0.2) is 0 Å². The maximum atomic E-state index is 13.3. The second-order valence-electron chi connectivity index (χ2n) is 7.10. The number of carbonyl (C=O) groups excluding carboxylic acids is 2. The number of hydrogen-bond donors (Lipinski definition) is 2. The Morgan fingerprint density at radius 1 is 1.16 bits per heavy atom. The van der Waals surface area contributed by atoms with Crippen molar-refractivity contribution in [3.05, 3.63) is 59.9 Å². The molecule has 1 aliphatic rings. The van der Waals surface area contributed by atoms with Crippen LogP contribution < -0.4 is 15.4 Å². The van der Waals surface area contributed by atoms with E-state index in [1.54, 1.807) is 6.92 Å². The highest BCUT2D eigenvalue weighted by Gasteiger charge is 2.34. The van der Waals surface area contributed by atoms with Gasteiger partial charge < -0.3 is 15.4 Å². The molecule has 1 atom stereocenters. The summed E-state index contributed by atoms with van der Waals surface area (Å²) >= 11 is 0. The Morgan fingerprint density at radius 2 is 1.81 bits per heavy atom. The van der Waals surface area contributed by atoms with Crippen molar-refractivity contribution in [2.75, 3.05) is 10.6 Å². The largest absolute Gasteiger partial charge is 0.573 e. The zero-order valence-electron chi connectivity index (χ0n) is 16.5. The Morgan fingerprint density at radius 3 is 2.44 bits per heavy atom. The van der Waals surface area contributed by atoms with E-state index in [4.69, 9.17) is 0 Å². The van der Waals surface area contributed by atoms with Crippen molar-refractivity contribution in [2.24, 2.45) is 0 Å². The van der Waals surface area contributed by atoms with E-state index in [-0.39, 0.29) is 18.0 Å². The van der Waals surface area contributed by atoms with E-state index in [0.717, 1.165) is 12.1 Å². The van der Waals surface area contributed by atoms with Crippen LogP contribution in [0.15, 0.2) is 48.5 Å². The van der Waals surface area contributed by atoms with Crippen LogP contribution >= 0.6 is 0 Å². The summed E-state index contributed by atoms with van der Waals surface area (Å²) in [6, 6.07) is 9.28. The minimum Gasteiger partial charge on any atom is -0.406 e. The number of ether oxygens (including phenoxy) is 1. The number of alkyl halides is 3. The molecule has 2 aromatic carbocycles. The average Bonchev–Trinajstić information content (AvgIpc) is 3.05. The summed E-state index contributed by atoms with van der Waals surface area (Å²) in [6.45, 7) is 1.72. The third-order valence-electron chi connectivity index (χ3n) is 4.85. The standard InChI is InChI=1S/C21H16F4N4O3/c1-11-18(12-2-4-13(22)5-3-12)28-29-16(10-17(30)27-19(11)29)20(31)26-14-6-8-15(9-7-14)32-21(23,24)25/h2-9,16H,10H2,1H3,(H,26,31)(H,27,30). The van der Waals surface area contributed by atoms with Gasteiger partial charge in [-0.3, -0.25) is 9.59 Å². The molecule has 2 heterocycles. The normalized spacial score (nSPS) is 15.7. The molecule has 11 heteroatoms. The summed E-state index contributed by atoms with van der Waals surface area (Å²) in [7, 11) is 0. The van der Waals surface area contributed by atoms with Crippen LogP contribution in [0.25, 0.3) is 11.3 Å². The first-order valence-corrected chi connectivity index (χ1v) is 9.42.